The summed E-state index contributed by atoms with van der Waals surface area (Å²) in [6.07, 6.45) is -4.77. The van der Waals surface area contributed by atoms with Gasteiger partial charge in [0.05, 0.1) is 11.1 Å². The molecular weight excluding hydrogens is 347 g/mol. The first-order valence-electron chi connectivity index (χ1n) is 5.00. The molecule has 1 heterocycles. The smallest absolute Gasteiger partial charge is 0.420 e. The standard InChI is InChI=1S/C11H5BrF3NO4/c12-4-1-5(8-3-7(10(18)19)16-20-8)9(17)6(2-4)11(13,14)15/h1-3,17H,(H,18,19). The third kappa shape index (κ3) is 2.62. The third-order valence-electron chi connectivity index (χ3n) is 2.37. The van der Waals surface area contributed by atoms with Gasteiger partial charge in [-0.25, -0.2) is 4.79 Å². The van der Waals surface area contributed by atoms with E-state index in [4.69, 9.17) is 5.11 Å². The summed E-state index contributed by atoms with van der Waals surface area (Å²) >= 11 is 2.88. The van der Waals surface area contributed by atoms with E-state index < -0.39 is 29.2 Å². The van der Waals surface area contributed by atoms with Gasteiger partial charge < -0.3 is 14.7 Å². The van der Waals surface area contributed by atoms with E-state index in [9.17, 15) is 23.1 Å². The molecule has 2 aromatic rings. The van der Waals surface area contributed by atoms with Gasteiger partial charge in [-0.05, 0) is 12.1 Å². The van der Waals surface area contributed by atoms with Crippen molar-refractivity contribution in [3.8, 4) is 17.1 Å². The number of carbonyl (C=O) groups is 1. The average Bonchev–Trinajstić information content (AvgIpc) is 2.79. The number of hydrogen-bond donors (Lipinski definition) is 2. The van der Waals surface area contributed by atoms with Crippen molar-refractivity contribution in [3.05, 3.63) is 33.9 Å². The topological polar surface area (TPSA) is 83.6 Å². The highest BCUT2D eigenvalue weighted by molar-refractivity contribution is 9.10. The molecule has 5 nitrogen and oxygen atoms in total. The summed E-state index contributed by atoms with van der Waals surface area (Å²) < 4.78 is 42.9. The van der Waals surface area contributed by atoms with Crippen LogP contribution in [0, 0.1) is 0 Å². The minimum absolute atomic E-state index is 0.0471. The van der Waals surface area contributed by atoms with E-state index in [1.54, 1.807) is 0 Å². The number of aromatic carboxylic acids is 1. The molecule has 0 aliphatic rings. The summed E-state index contributed by atoms with van der Waals surface area (Å²) in [6, 6.07) is 2.79. The van der Waals surface area contributed by atoms with Crippen LogP contribution in [0.25, 0.3) is 11.3 Å². The van der Waals surface area contributed by atoms with Crippen molar-refractivity contribution in [2.75, 3.05) is 0 Å². The Balaban J connectivity index is 2.62. The number of hydrogen-bond acceptors (Lipinski definition) is 4. The fraction of sp³-hybridized carbons (Fsp3) is 0.0909. The van der Waals surface area contributed by atoms with Gasteiger partial charge in [-0.2, -0.15) is 13.2 Å². The molecular formula is C11H5BrF3NO4. The van der Waals surface area contributed by atoms with Gasteiger partial charge in [0, 0.05) is 10.5 Å². The summed E-state index contributed by atoms with van der Waals surface area (Å²) in [5.74, 6) is -2.74. The number of benzene rings is 1. The van der Waals surface area contributed by atoms with Crippen molar-refractivity contribution in [1.82, 2.24) is 5.16 Å². The highest BCUT2D eigenvalue weighted by Gasteiger charge is 2.36. The van der Waals surface area contributed by atoms with Gasteiger partial charge in [0.2, 0.25) is 0 Å². The maximum Gasteiger partial charge on any atom is 0.420 e. The zero-order valence-electron chi connectivity index (χ0n) is 9.40. The Hall–Kier alpha value is -2.03. The van der Waals surface area contributed by atoms with E-state index in [1.807, 2.05) is 0 Å². The largest absolute Gasteiger partial charge is 0.507 e. The third-order valence-corrected chi connectivity index (χ3v) is 2.83. The average molecular weight is 352 g/mol. The zero-order valence-corrected chi connectivity index (χ0v) is 11.0. The molecule has 0 bridgehead atoms. The van der Waals surface area contributed by atoms with Crippen LogP contribution < -0.4 is 0 Å². The number of halogens is 4. The Morgan fingerprint density at radius 2 is 1.95 bits per heavy atom. The number of nitrogens with zero attached hydrogens (tertiary/aromatic N) is 1. The monoisotopic (exact) mass is 351 g/mol. The Morgan fingerprint density at radius 3 is 2.45 bits per heavy atom. The fourth-order valence-electron chi connectivity index (χ4n) is 1.51. The lowest BCUT2D eigenvalue weighted by Gasteiger charge is -2.11. The van der Waals surface area contributed by atoms with E-state index in [0.29, 0.717) is 6.07 Å². The first kappa shape index (κ1) is 14.4. The number of rotatable bonds is 2. The summed E-state index contributed by atoms with van der Waals surface area (Å²) in [7, 11) is 0. The second-order valence-electron chi connectivity index (χ2n) is 3.73. The van der Waals surface area contributed by atoms with Gasteiger partial charge in [0.1, 0.15) is 5.75 Å². The van der Waals surface area contributed by atoms with E-state index in [2.05, 4.69) is 25.6 Å². The fourth-order valence-corrected chi connectivity index (χ4v) is 1.96. The van der Waals surface area contributed by atoms with Crippen LogP contribution in [-0.4, -0.2) is 21.3 Å². The van der Waals surface area contributed by atoms with Crippen LogP contribution in [0.1, 0.15) is 16.1 Å². The maximum absolute atomic E-state index is 12.7. The summed E-state index contributed by atoms with van der Waals surface area (Å²) in [5.41, 5.74) is -2.06. The van der Waals surface area contributed by atoms with Gasteiger partial charge in [0.25, 0.3) is 0 Å². The number of aromatic nitrogens is 1. The summed E-state index contributed by atoms with van der Waals surface area (Å²) in [6.45, 7) is 0. The van der Waals surface area contributed by atoms with Crippen LogP contribution in [0.3, 0.4) is 0 Å². The second kappa shape index (κ2) is 4.82. The van der Waals surface area contributed by atoms with Crippen molar-refractivity contribution >= 4 is 21.9 Å². The first-order valence-corrected chi connectivity index (χ1v) is 5.79. The van der Waals surface area contributed by atoms with Crippen molar-refractivity contribution in [2.24, 2.45) is 0 Å². The summed E-state index contributed by atoms with van der Waals surface area (Å²) in [4.78, 5) is 10.6. The van der Waals surface area contributed by atoms with Gasteiger partial charge in [-0.3, -0.25) is 0 Å². The lowest BCUT2D eigenvalue weighted by Crippen LogP contribution is -2.05. The molecule has 20 heavy (non-hydrogen) atoms. The maximum atomic E-state index is 12.7. The molecule has 0 radical (unpaired) electrons. The minimum Gasteiger partial charge on any atom is -0.507 e. The molecule has 0 spiro atoms. The Labute approximate surface area is 117 Å². The molecule has 0 aliphatic heterocycles. The molecule has 0 amide bonds. The van der Waals surface area contributed by atoms with Gasteiger partial charge >= 0.3 is 12.1 Å². The van der Waals surface area contributed by atoms with Crippen molar-refractivity contribution in [1.29, 1.82) is 0 Å². The molecule has 2 rings (SSSR count). The van der Waals surface area contributed by atoms with Crippen LogP contribution in [-0.2, 0) is 6.18 Å². The molecule has 106 valence electrons. The van der Waals surface area contributed by atoms with Crippen molar-refractivity contribution < 1.29 is 32.7 Å². The number of alkyl halides is 3. The van der Waals surface area contributed by atoms with Crippen LogP contribution in [0.5, 0.6) is 5.75 Å². The second-order valence-corrected chi connectivity index (χ2v) is 4.64. The Kier molecular flexibility index (Phi) is 3.46. The highest BCUT2D eigenvalue weighted by atomic mass is 79.9. The van der Waals surface area contributed by atoms with Gasteiger partial charge in [-0.15, -0.1) is 0 Å². The van der Waals surface area contributed by atoms with Gasteiger partial charge in [-0.1, -0.05) is 21.1 Å². The predicted octanol–water partition coefficient (Wildman–Crippen LogP) is 3.53. The quantitative estimate of drug-likeness (QED) is 0.864. The molecule has 1 aromatic carbocycles. The van der Waals surface area contributed by atoms with Crippen LogP contribution in [0.15, 0.2) is 27.2 Å². The number of carboxylic acid groups (broad SMARTS) is 1. The first-order chi connectivity index (χ1) is 9.20. The van der Waals surface area contributed by atoms with Crippen LogP contribution >= 0.6 is 15.9 Å². The zero-order chi connectivity index (χ0) is 15.1. The number of phenols is 1. The van der Waals surface area contributed by atoms with Gasteiger partial charge in [0.15, 0.2) is 11.5 Å². The Morgan fingerprint density at radius 1 is 1.30 bits per heavy atom. The molecule has 0 unspecified atom stereocenters. The van der Waals surface area contributed by atoms with Crippen molar-refractivity contribution in [3.63, 3.8) is 0 Å². The highest BCUT2D eigenvalue weighted by Crippen LogP contribution is 2.43. The van der Waals surface area contributed by atoms with E-state index >= 15 is 0 Å². The molecule has 0 atom stereocenters. The normalized spacial score (nSPS) is 11.6. The molecule has 0 fully saturated rings. The predicted molar refractivity (Wildman–Crippen MR) is 63.3 cm³/mol. The molecule has 0 saturated heterocycles. The molecule has 2 N–H and O–H groups in total. The molecule has 0 saturated carbocycles. The number of carboxylic acids is 1. The molecule has 9 heteroatoms. The lowest BCUT2D eigenvalue weighted by molar-refractivity contribution is -0.138. The van der Waals surface area contributed by atoms with E-state index in [0.717, 1.165) is 12.1 Å². The lowest BCUT2D eigenvalue weighted by atomic mass is 10.1. The number of aromatic hydroxyl groups is 1. The summed E-state index contributed by atoms with van der Waals surface area (Å²) in [5, 5.41) is 21.5. The minimum atomic E-state index is -4.77. The molecule has 0 aliphatic carbocycles. The SMILES string of the molecule is O=C(O)c1cc(-c2cc(Br)cc(C(F)(F)F)c2O)on1. The Bertz CT molecular complexity index is 681. The number of phenolic OH excluding ortho intramolecular Hbond substituents is 1. The van der Waals surface area contributed by atoms with Crippen LogP contribution in [0.2, 0.25) is 0 Å². The van der Waals surface area contributed by atoms with Crippen LogP contribution in [0.4, 0.5) is 13.2 Å². The van der Waals surface area contributed by atoms with Crippen molar-refractivity contribution in [2.45, 2.75) is 6.18 Å². The van der Waals surface area contributed by atoms with E-state index in [1.165, 1.54) is 0 Å². The molecule has 1 aromatic heterocycles. The van der Waals surface area contributed by atoms with E-state index in [-0.39, 0.29) is 15.8 Å².